The largest absolute Gasteiger partial charge is 0.383 e. The summed E-state index contributed by atoms with van der Waals surface area (Å²) in [5.74, 6) is -0.892. The zero-order valence-electron chi connectivity index (χ0n) is 13.6. The van der Waals surface area contributed by atoms with Gasteiger partial charge in [0, 0.05) is 13.1 Å². The number of benzene rings is 1. The minimum absolute atomic E-state index is 0.0505. The van der Waals surface area contributed by atoms with Crippen LogP contribution in [0.15, 0.2) is 24.3 Å². The molecular weight excluding hydrogens is 325 g/mol. The molecule has 1 amide bonds. The molecule has 1 aromatic carbocycles. The second kappa shape index (κ2) is 6.26. The van der Waals surface area contributed by atoms with Crippen molar-refractivity contribution >= 4 is 17.7 Å². The van der Waals surface area contributed by atoms with E-state index in [1.165, 1.54) is 18.2 Å². The SMILES string of the molecule is NC(=O)c1nc(N2CCC(N)(N)CC2)nc(N)c1-c1cccc(F)c1. The minimum Gasteiger partial charge on any atom is -0.383 e. The molecule has 0 bridgehead atoms. The summed E-state index contributed by atoms with van der Waals surface area (Å²) < 4.78 is 13.5. The highest BCUT2D eigenvalue weighted by atomic mass is 19.1. The second-order valence-corrected chi connectivity index (χ2v) is 6.23. The summed E-state index contributed by atoms with van der Waals surface area (Å²) in [4.78, 5) is 22.3. The molecular formula is C16H20FN7O. The lowest BCUT2D eigenvalue weighted by atomic mass is 9.99. The van der Waals surface area contributed by atoms with Crippen molar-refractivity contribution in [3.8, 4) is 11.1 Å². The lowest BCUT2D eigenvalue weighted by molar-refractivity contribution is 0.0996. The molecule has 1 aromatic heterocycles. The Morgan fingerprint density at radius 1 is 1.20 bits per heavy atom. The maximum atomic E-state index is 13.5. The number of carbonyl (C=O) groups is 1. The topological polar surface area (TPSA) is 150 Å². The normalized spacial score (nSPS) is 16.7. The summed E-state index contributed by atoms with van der Waals surface area (Å²) >= 11 is 0. The van der Waals surface area contributed by atoms with E-state index in [1.807, 2.05) is 4.90 Å². The Hall–Kier alpha value is -2.78. The van der Waals surface area contributed by atoms with Crippen molar-refractivity contribution in [1.29, 1.82) is 0 Å². The van der Waals surface area contributed by atoms with Crippen molar-refractivity contribution in [2.75, 3.05) is 23.7 Å². The zero-order valence-corrected chi connectivity index (χ0v) is 13.6. The van der Waals surface area contributed by atoms with E-state index in [2.05, 4.69) is 9.97 Å². The highest BCUT2D eigenvalue weighted by molar-refractivity contribution is 6.00. The fraction of sp³-hybridized carbons (Fsp3) is 0.312. The van der Waals surface area contributed by atoms with Gasteiger partial charge in [-0.15, -0.1) is 0 Å². The number of piperidine rings is 1. The Labute approximate surface area is 144 Å². The molecule has 2 aromatic rings. The Kier molecular flexibility index (Phi) is 4.27. The molecule has 0 unspecified atom stereocenters. The van der Waals surface area contributed by atoms with E-state index in [-0.39, 0.29) is 23.0 Å². The average Bonchev–Trinajstić information content (AvgIpc) is 2.54. The number of primary amides is 1. The molecule has 25 heavy (non-hydrogen) atoms. The predicted octanol–water partition coefficient (Wildman–Crippen LogP) is 0.178. The van der Waals surface area contributed by atoms with E-state index < -0.39 is 17.4 Å². The van der Waals surface area contributed by atoms with Gasteiger partial charge in [0.05, 0.1) is 11.2 Å². The van der Waals surface area contributed by atoms with Crippen molar-refractivity contribution < 1.29 is 9.18 Å². The second-order valence-electron chi connectivity index (χ2n) is 6.23. The highest BCUT2D eigenvalue weighted by Gasteiger charge is 2.29. The number of nitrogen functional groups attached to an aromatic ring is 1. The number of nitrogens with two attached hydrogens (primary N) is 4. The van der Waals surface area contributed by atoms with Gasteiger partial charge in [-0.1, -0.05) is 12.1 Å². The molecule has 132 valence electrons. The van der Waals surface area contributed by atoms with Gasteiger partial charge in [0.25, 0.3) is 5.91 Å². The average molecular weight is 345 g/mol. The molecule has 2 heterocycles. The zero-order chi connectivity index (χ0) is 18.2. The number of halogens is 1. The quantitative estimate of drug-likeness (QED) is 0.579. The van der Waals surface area contributed by atoms with Crippen molar-refractivity contribution in [3.63, 3.8) is 0 Å². The van der Waals surface area contributed by atoms with Crippen LogP contribution in [0.25, 0.3) is 11.1 Å². The van der Waals surface area contributed by atoms with Gasteiger partial charge in [0.1, 0.15) is 17.3 Å². The monoisotopic (exact) mass is 345 g/mol. The number of nitrogens with zero attached hydrogens (tertiary/aromatic N) is 3. The molecule has 8 N–H and O–H groups in total. The predicted molar refractivity (Wildman–Crippen MR) is 92.9 cm³/mol. The number of rotatable bonds is 3. The third-order valence-corrected chi connectivity index (χ3v) is 4.25. The van der Waals surface area contributed by atoms with Crippen LogP contribution >= 0.6 is 0 Å². The van der Waals surface area contributed by atoms with Crippen molar-refractivity contribution in [2.45, 2.75) is 18.5 Å². The van der Waals surface area contributed by atoms with E-state index >= 15 is 0 Å². The lowest BCUT2D eigenvalue weighted by Gasteiger charge is -2.36. The van der Waals surface area contributed by atoms with Gasteiger partial charge in [-0.3, -0.25) is 4.79 Å². The molecule has 3 rings (SSSR count). The molecule has 1 aliphatic rings. The molecule has 1 saturated heterocycles. The summed E-state index contributed by atoms with van der Waals surface area (Å²) in [6.07, 6.45) is 1.10. The smallest absolute Gasteiger partial charge is 0.268 e. The Balaban J connectivity index is 2.03. The van der Waals surface area contributed by atoms with Crippen LogP contribution in [0.1, 0.15) is 23.3 Å². The van der Waals surface area contributed by atoms with Gasteiger partial charge in [0.15, 0.2) is 0 Å². The van der Waals surface area contributed by atoms with Crippen molar-refractivity contribution in [1.82, 2.24) is 9.97 Å². The molecule has 0 spiro atoms. The number of aromatic nitrogens is 2. The molecule has 0 saturated carbocycles. The first-order chi connectivity index (χ1) is 11.8. The van der Waals surface area contributed by atoms with Crippen LogP contribution in [0.3, 0.4) is 0 Å². The van der Waals surface area contributed by atoms with Crippen LogP contribution in [-0.2, 0) is 0 Å². The summed E-state index contributed by atoms with van der Waals surface area (Å²) in [5.41, 5.74) is 23.2. The van der Waals surface area contributed by atoms with Gasteiger partial charge in [-0.05, 0) is 30.5 Å². The van der Waals surface area contributed by atoms with Gasteiger partial charge >= 0.3 is 0 Å². The fourth-order valence-electron chi connectivity index (χ4n) is 2.84. The molecule has 1 aliphatic heterocycles. The van der Waals surface area contributed by atoms with E-state index in [1.54, 1.807) is 6.07 Å². The van der Waals surface area contributed by atoms with E-state index in [4.69, 9.17) is 22.9 Å². The third-order valence-electron chi connectivity index (χ3n) is 4.25. The first kappa shape index (κ1) is 17.1. The van der Waals surface area contributed by atoms with Crippen LogP contribution in [0, 0.1) is 5.82 Å². The van der Waals surface area contributed by atoms with Gasteiger partial charge in [-0.25, -0.2) is 9.37 Å². The first-order valence-electron chi connectivity index (χ1n) is 7.83. The number of hydrogen-bond donors (Lipinski definition) is 4. The summed E-state index contributed by atoms with van der Waals surface area (Å²) in [7, 11) is 0. The van der Waals surface area contributed by atoms with Crippen molar-refractivity contribution in [3.05, 3.63) is 35.8 Å². The van der Waals surface area contributed by atoms with E-state index in [9.17, 15) is 9.18 Å². The standard InChI is InChI=1S/C16H20FN7O/c17-10-3-1-2-9(8-10)11-12(14(19)25)22-15(23-13(11)18)24-6-4-16(20,21)5-7-24/h1-3,8H,4-7,20-21H2,(H2,19,25)(H2,18,22,23). The Morgan fingerprint density at radius 3 is 2.48 bits per heavy atom. The number of anilines is 2. The van der Waals surface area contributed by atoms with Gasteiger partial charge in [-0.2, -0.15) is 4.98 Å². The maximum Gasteiger partial charge on any atom is 0.268 e. The molecule has 0 aliphatic carbocycles. The molecule has 0 radical (unpaired) electrons. The fourth-order valence-corrected chi connectivity index (χ4v) is 2.84. The molecule has 9 heteroatoms. The molecule has 1 fully saturated rings. The van der Waals surface area contributed by atoms with Crippen LogP contribution in [-0.4, -0.2) is 34.6 Å². The van der Waals surface area contributed by atoms with Gasteiger partial charge < -0.3 is 27.8 Å². The summed E-state index contributed by atoms with van der Waals surface area (Å²) in [5, 5.41) is 0. The lowest BCUT2D eigenvalue weighted by Crippen LogP contribution is -2.57. The van der Waals surface area contributed by atoms with Crippen LogP contribution < -0.4 is 27.8 Å². The Bertz CT molecular complexity index is 814. The molecule has 8 nitrogen and oxygen atoms in total. The van der Waals surface area contributed by atoms with Crippen molar-refractivity contribution in [2.24, 2.45) is 17.2 Å². The van der Waals surface area contributed by atoms with E-state index in [0.29, 0.717) is 31.5 Å². The highest BCUT2D eigenvalue weighted by Crippen LogP contribution is 2.30. The van der Waals surface area contributed by atoms with Crippen LogP contribution in [0.2, 0.25) is 0 Å². The number of amides is 1. The third kappa shape index (κ3) is 3.52. The van der Waals surface area contributed by atoms with Crippen LogP contribution in [0.4, 0.5) is 16.2 Å². The first-order valence-corrected chi connectivity index (χ1v) is 7.83. The minimum atomic E-state index is -0.765. The number of hydrogen-bond acceptors (Lipinski definition) is 7. The van der Waals surface area contributed by atoms with Crippen LogP contribution in [0.5, 0.6) is 0 Å². The summed E-state index contributed by atoms with van der Waals surface area (Å²) in [6, 6.07) is 5.66. The Morgan fingerprint density at radius 2 is 1.88 bits per heavy atom. The number of carbonyl (C=O) groups excluding carboxylic acids is 1. The molecule has 0 atom stereocenters. The van der Waals surface area contributed by atoms with Gasteiger partial charge in [0.2, 0.25) is 5.95 Å². The maximum absolute atomic E-state index is 13.5. The van der Waals surface area contributed by atoms with E-state index in [0.717, 1.165) is 0 Å². The summed E-state index contributed by atoms with van der Waals surface area (Å²) in [6.45, 7) is 1.06.